The minimum Gasteiger partial charge on any atom is -0.305 e. The molecule has 3 heterocycles. The number of amides is 1. The molecule has 9 nitrogen and oxygen atoms in total. The third kappa shape index (κ3) is 4.61. The Labute approximate surface area is 208 Å². The van der Waals surface area contributed by atoms with Gasteiger partial charge in [0.2, 0.25) is 0 Å². The maximum absolute atomic E-state index is 14.3. The van der Waals surface area contributed by atoms with E-state index < -0.39 is 28.4 Å². The van der Waals surface area contributed by atoms with Crippen molar-refractivity contribution in [1.82, 2.24) is 19.7 Å². The number of para-hydroxylation sites is 1. The fourth-order valence-electron chi connectivity index (χ4n) is 3.49. The topological polar surface area (TPSA) is 116 Å². The molecular weight excluding hydrogens is 516 g/mol. The molecule has 0 radical (unpaired) electrons. The molecule has 0 spiro atoms. The number of carbonyl (C=O) groups excluding carboxylic acids is 1. The molecule has 0 bridgehead atoms. The maximum atomic E-state index is 14.3. The SMILES string of the molecule is O=C(Nc1nc(-c2ccc(C(F)(F)F)c(F)c2)nc2c1cnn2-c1ccccc1)c1ccc([N+](=O)[O-])s1. The summed E-state index contributed by atoms with van der Waals surface area (Å²) in [6.45, 7) is 0. The molecule has 14 heteroatoms. The highest BCUT2D eigenvalue weighted by atomic mass is 32.1. The third-order valence-electron chi connectivity index (χ3n) is 5.19. The van der Waals surface area contributed by atoms with Crippen molar-refractivity contribution in [3.63, 3.8) is 0 Å². The monoisotopic (exact) mass is 528 g/mol. The van der Waals surface area contributed by atoms with E-state index in [9.17, 15) is 32.5 Å². The fourth-order valence-corrected chi connectivity index (χ4v) is 4.21. The van der Waals surface area contributed by atoms with Crippen LogP contribution in [0.25, 0.3) is 28.1 Å². The Kier molecular flexibility index (Phi) is 5.87. The summed E-state index contributed by atoms with van der Waals surface area (Å²) in [4.78, 5) is 31.8. The van der Waals surface area contributed by atoms with Crippen LogP contribution >= 0.6 is 11.3 Å². The molecule has 0 aliphatic rings. The number of rotatable bonds is 5. The molecule has 37 heavy (non-hydrogen) atoms. The number of aromatic nitrogens is 4. The second-order valence-electron chi connectivity index (χ2n) is 7.57. The summed E-state index contributed by atoms with van der Waals surface area (Å²) in [5.41, 5.74) is -0.745. The van der Waals surface area contributed by atoms with Gasteiger partial charge in [0.05, 0.1) is 32.6 Å². The molecule has 186 valence electrons. The van der Waals surface area contributed by atoms with Gasteiger partial charge >= 0.3 is 11.2 Å². The zero-order chi connectivity index (χ0) is 26.3. The largest absolute Gasteiger partial charge is 0.419 e. The lowest BCUT2D eigenvalue weighted by molar-refractivity contribution is -0.380. The molecule has 0 atom stereocenters. The van der Waals surface area contributed by atoms with Gasteiger partial charge in [0.15, 0.2) is 11.5 Å². The molecule has 0 saturated carbocycles. The molecule has 0 aliphatic carbocycles. The lowest BCUT2D eigenvalue weighted by Gasteiger charge is -2.11. The summed E-state index contributed by atoms with van der Waals surface area (Å²) in [6.07, 6.45) is -3.51. The summed E-state index contributed by atoms with van der Waals surface area (Å²) in [6, 6.07) is 13.5. The number of thiophene rings is 1. The Hall–Kier alpha value is -4.72. The first-order valence-electron chi connectivity index (χ1n) is 10.4. The van der Waals surface area contributed by atoms with Gasteiger partial charge < -0.3 is 5.32 Å². The third-order valence-corrected chi connectivity index (χ3v) is 6.23. The summed E-state index contributed by atoms with van der Waals surface area (Å²) in [5, 5.41) is 17.8. The molecule has 1 N–H and O–H groups in total. The Morgan fingerprint density at radius 3 is 2.46 bits per heavy atom. The van der Waals surface area contributed by atoms with E-state index in [1.165, 1.54) is 23.0 Å². The van der Waals surface area contributed by atoms with E-state index in [-0.39, 0.29) is 38.1 Å². The van der Waals surface area contributed by atoms with E-state index in [0.717, 1.165) is 6.07 Å². The predicted molar refractivity (Wildman–Crippen MR) is 126 cm³/mol. The summed E-state index contributed by atoms with van der Waals surface area (Å²) in [5.74, 6) is -2.47. The molecule has 3 aromatic heterocycles. The van der Waals surface area contributed by atoms with Crippen LogP contribution in [-0.2, 0) is 6.18 Å². The Bertz CT molecular complexity index is 1670. The van der Waals surface area contributed by atoms with Crippen molar-refractivity contribution < 1.29 is 27.3 Å². The average Bonchev–Trinajstić information content (AvgIpc) is 3.52. The summed E-state index contributed by atoms with van der Waals surface area (Å²) < 4.78 is 54.9. The van der Waals surface area contributed by atoms with E-state index in [1.807, 2.05) is 0 Å². The van der Waals surface area contributed by atoms with Crippen molar-refractivity contribution in [3.8, 4) is 17.1 Å². The molecular formula is C23H12F4N6O3S. The zero-order valence-electron chi connectivity index (χ0n) is 18.2. The van der Waals surface area contributed by atoms with Crippen LogP contribution in [0.2, 0.25) is 0 Å². The van der Waals surface area contributed by atoms with Crippen LogP contribution < -0.4 is 5.32 Å². The predicted octanol–water partition coefficient (Wildman–Crippen LogP) is 5.86. The number of alkyl halides is 3. The zero-order valence-corrected chi connectivity index (χ0v) is 19.0. The van der Waals surface area contributed by atoms with Crippen LogP contribution in [0.4, 0.5) is 28.4 Å². The first-order valence-corrected chi connectivity index (χ1v) is 11.2. The van der Waals surface area contributed by atoms with E-state index in [1.54, 1.807) is 30.3 Å². The Balaban J connectivity index is 1.64. The van der Waals surface area contributed by atoms with Crippen LogP contribution in [0.5, 0.6) is 0 Å². The second kappa shape index (κ2) is 9.05. The second-order valence-corrected chi connectivity index (χ2v) is 8.63. The molecule has 0 fully saturated rings. The van der Waals surface area contributed by atoms with E-state index in [0.29, 0.717) is 29.2 Å². The summed E-state index contributed by atoms with van der Waals surface area (Å²) >= 11 is 0.651. The van der Waals surface area contributed by atoms with Crippen molar-refractivity contribution in [2.75, 3.05) is 5.32 Å². The number of carbonyl (C=O) groups is 1. The normalized spacial score (nSPS) is 11.6. The van der Waals surface area contributed by atoms with Gasteiger partial charge in [-0.2, -0.15) is 18.3 Å². The average molecular weight is 528 g/mol. The fraction of sp³-hybridized carbons (Fsp3) is 0.0435. The molecule has 5 aromatic rings. The first-order chi connectivity index (χ1) is 17.6. The van der Waals surface area contributed by atoms with Gasteiger partial charge in [-0.25, -0.2) is 19.0 Å². The number of nitrogens with one attached hydrogen (secondary N) is 1. The summed E-state index contributed by atoms with van der Waals surface area (Å²) in [7, 11) is 0. The van der Waals surface area contributed by atoms with Gasteiger partial charge in [0.1, 0.15) is 11.6 Å². The molecule has 2 aromatic carbocycles. The van der Waals surface area contributed by atoms with Crippen LogP contribution in [-0.4, -0.2) is 30.6 Å². The van der Waals surface area contributed by atoms with Gasteiger partial charge in [0.25, 0.3) is 5.91 Å². The number of nitrogens with zero attached hydrogens (tertiary/aromatic N) is 5. The number of halogens is 4. The number of nitro groups is 1. The molecule has 0 aliphatic heterocycles. The molecule has 0 unspecified atom stereocenters. The molecule has 0 saturated heterocycles. The van der Waals surface area contributed by atoms with Crippen LogP contribution in [0.15, 0.2) is 66.9 Å². The van der Waals surface area contributed by atoms with Gasteiger partial charge in [-0.05, 0) is 30.3 Å². The van der Waals surface area contributed by atoms with E-state index in [2.05, 4.69) is 20.4 Å². The minimum absolute atomic E-state index is 0.0241. The number of benzene rings is 2. The van der Waals surface area contributed by atoms with Gasteiger partial charge in [0, 0.05) is 11.6 Å². The van der Waals surface area contributed by atoms with Crippen molar-refractivity contribution in [2.45, 2.75) is 6.18 Å². The van der Waals surface area contributed by atoms with Crippen LogP contribution in [0.3, 0.4) is 0 Å². The van der Waals surface area contributed by atoms with Gasteiger partial charge in [-0.1, -0.05) is 35.6 Å². The van der Waals surface area contributed by atoms with Crippen LogP contribution in [0, 0.1) is 15.9 Å². The maximum Gasteiger partial charge on any atom is 0.419 e. The standard InChI is InChI=1S/C23H12F4N6O3S/c24-16-10-12(6-7-15(16)23(25,26)27)19-29-20(31-22(34)17-8-9-18(37-17)33(35)36)14-11-28-32(21(14)30-19)13-4-2-1-3-5-13/h1-11H,(H,29,30,31,34). The quantitative estimate of drug-likeness (QED) is 0.174. The first kappa shape index (κ1) is 24.0. The van der Waals surface area contributed by atoms with Crippen molar-refractivity contribution in [3.05, 3.63) is 93.2 Å². The lowest BCUT2D eigenvalue weighted by atomic mass is 10.1. The Morgan fingerprint density at radius 2 is 1.81 bits per heavy atom. The highest BCUT2D eigenvalue weighted by Crippen LogP contribution is 2.34. The van der Waals surface area contributed by atoms with E-state index >= 15 is 0 Å². The number of hydrogen-bond acceptors (Lipinski definition) is 7. The van der Waals surface area contributed by atoms with Crippen LogP contribution in [0.1, 0.15) is 15.2 Å². The van der Waals surface area contributed by atoms with Crippen molar-refractivity contribution >= 4 is 39.1 Å². The smallest absolute Gasteiger partial charge is 0.305 e. The number of anilines is 1. The number of fused-ring (bicyclic) bond motifs is 1. The van der Waals surface area contributed by atoms with Gasteiger partial charge in [-0.3, -0.25) is 14.9 Å². The molecule has 1 amide bonds. The Morgan fingerprint density at radius 1 is 1.05 bits per heavy atom. The van der Waals surface area contributed by atoms with Gasteiger partial charge in [-0.15, -0.1) is 0 Å². The highest BCUT2D eigenvalue weighted by molar-refractivity contribution is 7.17. The highest BCUT2D eigenvalue weighted by Gasteiger charge is 2.34. The lowest BCUT2D eigenvalue weighted by Crippen LogP contribution is -2.13. The minimum atomic E-state index is -4.89. The number of hydrogen-bond donors (Lipinski definition) is 1. The van der Waals surface area contributed by atoms with E-state index in [4.69, 9.17) is 0 Å². The van der Waals surface area contributed by atoms with Crippen molar-refractivity contribution in [1.29, 1.82) is 0 Å². The van der Waals surface area contributed by atoms with Crippen molar-refractivity contribution in [2.24, 2.45) is 0 Å². The molecule has 5 rings (SSSR count).